The van der Waals surface area contributed by atoms with Gasteiger partial charge in [0.15, 0.2) is 0 Å². The van der Waals surface area contributed by atoms with Gasteiger partial charge in [-0.3, -0.25) is 0 Å². The molecule has 0 spiro atoms. The third kappa shape index (κ3) is 4.76. The van der Waals surface area contributed by atoms with Crippen molar-refractivity contribution in [3.05, 3.63) is 0 Å². The quantitative estimate of drug-likeness (QED) is 0.625. The Kier molecular flexibility index (Phi) is 7.58. The van der Waals surface area contributed by atoms with Gasteiger partial charge < -0.3 is 5.11 Å². The maximum Gasteiger partial charge on any atom is 0.0459 e. The molecule has 1 N–H and O–H groups in total. The van der Waals surface area contributed by atoms with Crippen LogP contribution in [0.5, 0.6) is 0 Å². The highest BCUT2D eigenvalue weighted by Crippen LogP contribution is 2.22. The number of hydrogen-bond acceptors (Lipinski definition) is 1. The van der Waals surface area contributed by atoms with Gasteiger partial charge in [-0.15, -0.1) is 0 Å². The normalized spacial score (nSPS) is 16.0. The highest BCUT2D eigenvalue weighted by atomic mass is 16.3. The minimum atomic E-state index is 0.372. The Morgan fingerprint density at radius 3 is 1.92 bits per heavy atom. The lowest BCUT2D eigenvalue weighted by molar-refractivity contribution is 0.191. The van der Waals surface area contributed by atoms with E-state index in [1.54, 1.807) is 0 Å². The van der Waals surface area contributed by atoms with Gasteiger partial charge in [-0.1, -0.05) is 46.5 Å². The molecular weight excluding hydrogens is 148 g/mol. The molecule has 0 amide bonds. The van der Waals surface area contributed by atoms with Crippen LogP contribution >= 0.6 is 0 Å². The van der Waals surface area contributed by atoms with E-state index in [1.165, 1.54) is 25.7 Å². The summed E-state index contributed by atoms with van der Waals surface area (Å²) in [7, 11) is 0. The lowest BCUT2D eigenvalue weighted by Crippen LogP contribution is -2.11. The monoisotopic (exact) mass is 172 g/mol. The van der Waals surface area contributed by atoms with E-state index in [0.717, 1.165) is 12.3 Å². The van der Waals surface area contributed by atoms with Crippen molar-refractivity contribution < 1.29 is 5.11 Å². The summed E-state index contributed by atoms with van der Waals surface area (Å²) in [5, 5.41) is 9.04. The van der Waals surface area contributed by atoms with E-state index in [2.05, 4.69) is 20.8 Å². The van der Waals surface area contributed by atoms with E-state index >= 15 is 0 Å². The first kappa shape index (κ1) is 12.0. The van der Waals surface area contributed by atoms with Crippen molar-refractivity contribution in [1.82, 2.24) is 0 Å². The number of aliphatic hydroxyl groups excluding tert-OH is 1. The van der Waals surface area contributed by atoms with Gasteiger partial charge in [0, 0.05) is 6.61 Å². The lowest BCUT2D eigenvalue weighted by atomic mass is 9.88. The van der Waals surface area contributed by atoms with Crippen LogP contribution in [0, 0.1) is 11.8 Å². The molecule has 1 heteroatoms. The summed E-state index contributed by atoms with van der Waals surface area (Å²) in [6.07, 6.45) is 6.21. The maximum atomic E-state index is 9.04. The molecule has 0 aliphatic heterocycles. The highest BCUT2D eigenvalue weighted by molar-refractivity contribution is 4.63. The number of aliphatic hydroxyl groups is 1. The molecule has 0 unspecified atom stereocenters. The Hall–Kier alpha value is -0.0400. The van der Waals surface area contributed by atoms with Crippen molar-refractivity contribution in [2.75, 3.05) is 6.61 Å². The number of rotatable bonds is 7. The van der Waals surface area contributed by atoms with Crippen molar-refractivity contribution in [3.8, 4) is 0 Å². The van der Waals surface area contributed by atoms with Crippen molar-refractivity contribution >= 4 is 0 Å². The summed E-state index contributed by atoms with van der Waals surface area (Å²) in [4.78, 5) is 0. The Bertz CT molecular complexity index is 87.0. The van der Waals surface area contributed by atoms with Crippen LogP contribution in [0.25, 0.3) is 0 Å². The third-order valence-electron chi connectivity index (χ3n) is 2.78. The fourth-order valence-corrected chi connectivity index (χ4v) is 1.74. The lowest BCUT2D eigenvalue weighted by Gasteiger charge is -2.19. The SMILES string of the molecule is CCC[C@H](CC)C[C@@H](CC)CO. The second kappa shape index (κ2) is 7.60. The molecule has 74 valence electrons. The molecule has 0 radical (unpaired) electrons. The van der Waals surface area contributed by atoms with Crippen molar-refractivity contribution in [2.45, 2.75) is 52.9 Å². The standard InChI is InChI=1S/C11H24O/c1-4-7-10(5-2)8-11(6-3)9-12/h10-12H,4-9H2,1-3H3/t10-,11+/m0/s1. The molecule has 0 aromatic rings. The molecule has 0 aromatic heterocycles. The fraction of sp³-hybridized carbons (Fsp3) is 1.00. The predicted octanol–water partition coefficient (Wildman–Crippen LogP) is 3.22. The zero-order valence-corrected chi connectivity index (χ0v) is 8.84. The third-order valence-corrected chi connectivity index (χ3v) is 2.78. The average molecular weight is 172 g/mol. The van der Waals surface area contributed by atoms with Gasteiger partial charge >= 0.3 is 0 Å². The summed E-state index contributed by atoms with van der Waals surface area (Å²) in [6, 6.07) is 0. The van der Waals surface area contributed by atoms with Crippen LogP contribution in [0.4, 0.5) is 0 Å². The zero-order valence-electron chi connectivity index (χ0n) is 8.84. The summed E-state index contributed by atoms with van der Waals surface area (Å²) in [5.41, 5.74) is 0. The minimum Gasteiger partial charge on any atom is -0.396 e. The van der Waals surface area contributed by atoms with E-state index in [1.807, 2.05) is 0 Å². The van der Waals surface area contributed by atoms with Crippen molar-refractivity contribution in [3.63, 3.8) is 0 Å². The Balaban J connectivity index is 3.65. The minimum absolute atomic E-state index is 0.372. The molecule has 0 fully saturated rings. The molecule has 0 aliphatic carbocycles. The summed E-state index contributed by atoms with van der Waals surface area (Å²) < 4.78 is 0. The van der Waals surface area contributed by atoms with E-state index < -0.39 is 0 Å². The molecule has 0 rings (SSSR count). The van der Waals surface area contributed by atoms with Crippen LogP contribution < -0.4 is 0 Å². The van der Waals surface area contributed by atoms with Crippen molar-refractivity contribution in [2.24, 2.45) is 11.8 Å². The average Bonchev–Trinajstić information content (AvgIpc) is 2.12. The van der Waals surface area contributed by atoms with Gasteiger partial charge in [0.1, 0.15) is 0 Å². The largest absolute Gasteiger partial charge is 0.396 e. The second-order valence-electron chi connectivity index (χ2n) is 3.76. The van der Waals surface area contributed by atoms with Crippen LogP contribution in [-0.4, -0.2) is 11.7 Å². The first-order valence-corrected chi connectivity index (χ1v) is 5.39. The van der Waals surface area contributed by atoms with Crippen LogP contribution in [0.15, 0.2) is 0 Å². The van der Waals surface area contributed by atoms with E-state index in [9.17, 15) is 0 Å². The zero-order chi connectivity index (χ0) is 9.40. The Labute approximate surface area is 77.2 Å². The van der Waals surface area contributed by atoms with Crippen LogP contribution in [0.2, 0.25) is 0 Å². The maximum absolute atomic E-state index is 9.04. The smallest absolute Gasteiger partial charge is 0.0459 e. The first-order chi connectivity index (χ1) is 5.78. The van der Waals surface area contributed by atoms with Gasteiger partial charge in [-0.05, 0) is 18.3 Å². The van der Waals surface area contributed by atoms with E-state index in [0.29, 0.717) is 12.5 Å². The van der Waals surface area contributed by atoms with Gasteiger partial charge in [0.05, 0.1) is 0 Å². The van der Waals surface area contributed by atoms with Crippen LogP contribution in [0.3, 0.4) is 0 Å². The van der Waals surface area contributed by atoms with Gasteiger partial charge in [0.25, 0.3) is 0 Å². The fourth-order valence-electron chi connectivity index (χ4n) is 1.74. The van der Waals surface area contributed by atoms with Gasteiger partial charge in [-0.2, -0.15) is 0 Å². The molecule has 1 nitrogen and oxygen atoms in total. The highest BCUT2D eigenvalue weighted by Gasteiger charge is 2.11. The molecule has 0 saturated heterocycles. The van der Waals surface area contributed by atoms with Gasteiger partial charge in [-0.25, -0.2) is 0 Å². The first-order valence-electron chi connectivity index (χ1n) is 5.39. The topological polar surface area (TPSA) is 20.2 Å². The summed E-state index contributed by atoms with van der Waals surface area (Å²) >= 11 is 0. The summed E-state index contributed by atoms with van der Waals surface area (Å²) in [5.74, 6) is 1.38. The molecule has 0 aliphatic rings. The Morgan fingerprint density at radius 1 is 1.00 bits per heavy atom. The molecule has 0 heterocycles. The van der Waals surface area contributed by atoms with Crippen LogP contribution in [0.1, 0.15) is 52.9 Å². The Morgan fingerprint density at radius 2 is 1.58 bits per heavy atom. The predicted molar refractivity (Wildman–Crippen MR) is 54.2 cm³/mol. The molecule has 2 atom stereocenters. The van der Waals surface area contributed by atoms with Gasteiger partial charge in [0.2, 0.25) is 0 Å². The second-order valence-corrected chi connectivity index (χ2v) is 3.76. The van der Waals surface area contributed by atoms with E-state index in [-0.39, 0.29) is 0 Å². The molecule has 12 heavy (non-hydrogen) atoms. The molecular formula is C11H24O. The van der Waals surface area contributed by atoms with Crippen LogP contribution in [-0.2, 0) is 0 Å². The molecule has 0 bridgehead atoms. The summed E-state index contributed by atoms with van der Waals surface area (Å²) in [6.45, 7) is 7.03. The number of hydrogen-bond donors (Lipinski definition) is 1. The van der Waals surface area contributed by atoms with E-state index in [4.69, 9.17) is 5.11 Å². The molecule has 0 saturated carbocycles. The molecule has 0 aromatic carbocycles. The van der Waals surface area contributed by atoms with Crippen molar-refractivity contribution in [1.29, 1.82) is 0 Å².